The molecule has 2 rings (SSSR count). The van der Waals surface area contributed by atoms with E-state index in [0.29, 0.717) is 19.1 Å². The van der Waals surface area contributed by atoms with Crippen LogP contribution in [0.25, 0.3) is 0 Å². The lowest BCUT2D eigenvalue weighted by molar-refractivity contribution is 0.118. The molecule has 0 amide bonds. The second-order valence-corrected chi connectivity index (χ2v) is 8.05. The van der Waals surface area contributed by atoms with E-state index in [1.165, 1.54) is 6.26 Å². The van der Waals surface area contributed by atoms with Crippen LogP contribution >= 0.6 is 0 Å². The minimum Gasteiger partial charge on any atom is -0.394 e. The SMILES string of the molecule is CCNC1(CO)CCC(N2CCN(S(C)(=O)=O)CC2)C1. The number of hydrogen-bond donors (Lipinski definition) is 2. The van der Waals surface area contributed by atoms with Crippen molar-refractivity contribution in [3.8, 4) is 0 Å². The highest BCUT2D eigenvalue weighted by molar-refractivity contribution is 7.88. The summed E-state index contributed by atoms with van der Waals surface area (Å²) in [5.74, 6) is 0. The Kier molecular flexibility index (Phi) is 5.07. The molecule has 7 heteroatoms. The van der Waals surface area contributed by atoms with E-state index in [0.717, 1.165) is 38.9 Å². The molecule has 118 valence electrons. The molecule has 1 saturated carbocycles. The number of piperazine rings is 1. The topological polar surface area (TPSA) is 72.9 Å². The van der Waals surface area contributed by atoms with Crippen molar-refractivity contribution < 1.29 is 13.5 Å². The van der Waals surface area contributed by atoms with Gasteiger partial charge in [0.05, 0.1) is 12.9 Å². The minimum absolute atomic E-state index is 0.132. The van der Waals surface area contributed by atoms with Gasteiger partial charge in [0.25, 0.3) is 0 Å². The van der Waals surface area contributed by atoms with E-state index in [4.69, 9.17) is 0 Å². The fraction of sp³-hybridized carbons (Fsp3) is 1.00. The van der Waals surface area contributed by atoms with Crippen LogP contribution in [0.4, 0.5) is 0 Å². The van der Waals surface area contributed by atoms with E-state index in [1.54, 1.807) is 4.31 Å². The number of nitrogens with one attached hydrogen (secondary N) is 1. The zero-order chi connectivity index (χ0) is 14.8. The molecule has 6 nitrogen and oxygen atoms in total. The third-order valence-corrected chi connectivity index (χ3v) is 6.00. The molecular formula is C13H27N3O3S. The molecule has 1 saturated heterocycles. The van der Waals surface area contributed by atoms with Gasteiger partial charge in [0.2, 0.25) is 10.0 Å². The normalized spacial score (nSPS) is 33.6. The van der Waals surface area contributed by atoms with Crippen molar-refractivity contribution >= 4 is 10.0 Å². The molecule has 0 aromatic carbocycles. The Morgan fingerprint density at radius 3 is 2.45 bits per heavy atom. The summed E-state index contributed by atoms with van der Waals surface area (Å²) in [4.78, 5) is 2.39. The van der Waals surface area contributed by atoms with Gasteiger partial charge in [0, 0.05) is 37.8 Å². The first-order chi connectivity index (χ1) is 9.40. The molecule has 2 atom stereocenters. The second kappa shape index (κ2) is 6.27. The highest BCUT2D eigenvalue weighted by atomic mass is 32.2. The summed E-state index contributed by atoms with van der Waals surface area (Å²) < 4.78 is 24.6. The highest BCUT2D eigenvalue weighted by Gasteiger charge is 2.41. The van der Waals surface area contributed by atoms with Gasteiger partial charge < -0.3 is 10.4 Å². The summed E-state index contributed by atoms with van der Waals surface area (Å²) in [5, 5.41) is 13.1. The van der Waals surface area contributed by atoms with Gasteiger partial charge in [0.15, 0.2) is 0 Å². The average Bonchev–Trinajstić information content (AvgIpc) is 2.83. The van der Waals surface area contributed by atoms with Crippen molar-refractivity contribution in [2.75, 3.05) is 45.6 Å². The van der Waals surface area contributed by atoms with Crippen LogP contribution in [0.3, 0.4) is 0 Å². The van der Waals surface area contributed by atoms with Gasteiger partial charge in [-0.3, -0.25) is 4.90 Å². The van der Waals surface area contributed by atoms with Gasteiger partial charge in [-0.15, -0.1) is 0 Å². The quantitative estimate of drug-likeness (QED) is 0.713. The number of aliphatic hydroxyl groups excluding tert-OH is 1. The summed E-state index contributed by atoms with van der Waals surface area (Å²) in [5.41, 5.74) is -0.132. The van der Waals surface area contributed by atoms with Crippen molar-refractivity contribution in [3.05, 3.63) is 0 Å². The number of aliphatic hydroxyl groups is 1. The summed E-state index contributed by atoms with van der Waals surface area (Å²) >= 11 is 0. The van der Waals surface area contributed by atoms with Crippen molar-refractivity contribution in [1.29, 1.82) is 0 Å². The zero-order valence-electron chi connectivity index (χ0n) is 12.5. The van der Waals surface area contributed by atoms with E-state index >= 15 is 0 Å². The van der Waals surface area contributed by atoms with E-state index in [1.807, 2.05) is 0 Å². The van der Waals surface area contributed by atoms with Crippen LogP contribution in [-0.2, 0) is 10.0 Å². The molecule has 2 fully saturated rings. The first-order valence-corrected chi connectivity index (χ1v) is 9.30. The molecule has 0 spiro atoms. The van der Waals surface area contributed by atoms with Gasteiger partial charge in [-0.25, -0.2) is 8.42 Å². The Labute approximate surface area is 122 Å². The predicted octanol–water partition coefficient (Wildman–Crippen LogP) is -0.543. The van der Waals surface area contributed by atoms with E-state index in [-0.39, 0.29) is 12.1 Å². The number of nitrogens with zero attached hydrogens (tertiary/aromatic N) is 2. The summed E-state index contributed by atoms with van der Waals surface area (Å²) in [6.45, 7) is 5.88. The molecule has 0 radical (unpaired) electrons. The van der Waals surface area contributed by atoms with Crippen LogP contribution in [-0.4, -0.2) is 79.9 Å². The summed E-state index contributed by atoms with van der Waals surface area (Å²) in [6.07, 6.45) is 4.30. The lowest BCUT2D eigenvalue weighted by atomic mass is 9.98. The molecule has 2 N–H and O–H groups in total. The first kappa shape index (κ1) is 16.2. The maximum atomic E-state index is 11.5. The fourth-order valence-electron chi connectivity index (χ4n) is 3.55. The smallest absolute Gasteiger partial charge is 0.211 e. The van der Waals surface area contributed by atoms with Crippen molar-refractivity contribution in [3.63, 3.8) is 0 Å². The number of sulfonamides is 1. The Morgan fingerprint density at radius 1 is 1.30 bits per heavy atom. The molecule has 0 bridgehead atoms. The van der Waals surface area contributed by atoms with Crippen LogP contribution in [0, 0.1) is 0 Å². The van der Waals surface area contributed by atoms with Crippen LogP contribution < -0.4 is 5.32 Å². The second-order valence-electron chi connectivity index (χ2n) is 6.06. The first-order valence-electron chi connectivity index (χ1n) is 7.45. The van der Waals surface area contributed by atoms with E-state index in [2.05, 4.69) is 17.1 Å². The third-order valence-electron chi connectivity index (χ3n) is 4.70. The summed E-state index contributed by atoms with van der Waals surface area (Å²) in [6, 6.07) is 0.461. The third kappa shape index (κ3) is 3.51. The lowest BCUT2D eigenvalue weighted by Gasteiger charge is -2.38. The Balaban J connectivity index is 1.89. The molecule has 2 aliphatic rings. The molecule has 2 unspecified atom stereocenters. The van der Waals surface area contributed by atoms with Gasteiger partial charge in [-0.2, -0.15) is 4.31 Å². The monoisotopic (exact) mass is 305 g/mol. The van der Waals surface area contributed by atoms with Gasteiger partial charge >= 0.3 is 0 Å². The molecule has 1 aliphatic heterocycles. The van der Waals surface area contributed by atoms with Gasteiger partial charge in [-0.1, -0.05) is 6.92 Å². The largest absolute Gasteiger partial charge is 0.394 e. The van der Waals surface area contributed by atoms with Crippen LogP contribution in [0.15, 0.2) is 0 Å². The molecule has 1 aliphatic carbocycles. The van der Waals surface area contributed by atoms with E-state index < -0.39 is 10.0 Å². The van der Waals surface area contributed by atoms with Crippen LogP contribution in [0.2, 0.25) is 0 Å². The Bertz CT molecular complexity index is 421. The highest BCUT2D eigenvalue weighted by Crippen LogP contribution is 2.33. The standard InChI is InChI=1S/C13H27N3O3S/c1-3-14-13(11-17)5-4-12(10-13)15-6-8-16(9-7-15)20(2,18)19/h12,14,17H,3-11H2,1-2H3. The Morgan fingerprint density at radius 2 is 1.95 bits per heavy atom. The Hall–Kier alpha value is -0.210. The maximum Gasteiger partial charge on any atom is 0.211 e. The van der Waals surface area contributed by atoms with E-state index in [9.17, 15) is 13.5 Å². The van der Waals surface area contributed by atoms with Gasteiger partial charge in [0.1, 0.15) is 0 Å². The predicted molar refractivity (Wildman–Crippen MR) is 79.1 cm³/mol. The molecule has 1 heterocycles. The minimum atomic E-state index is -3.05. The maximum absolute atomic E-state index is 11.5. The van der Waals surface area contributed by atoms with Crippen LogP contribution in [0.1, 0.15) is 26.2 Å². The van der Waals surface area contributed by atoms with Crippen LogP contribution in [0.5, 0.6) is 0 Å². The van der Waals surface area contributed by atoms with Crippen molar-refractivity contribution in [1.82, 2.24) is 14.5 Å². The average molecular weight is 305 g/mol. The number of hydrogen-bond acceptors (Lipinski definition) is 5. The molecule has 20 heavy (non-hydrogen) atoms. The summed E-state index contributed by atoms with van der Waals surface area (Å²) in [7, 11) is -3.05. The van der Waals surface area contributed by atoms with Crippen molar-refractivity contribution in [2.24, 2.45) is 0 Å². The van der Waals surface area contributed by atoms with Crippen molar-refractivity contribution in [2.45, 2.75) is 37.8 Å². The molecular weight excluding hydrogens is 278 g/mol. The van der Waals surface area contributed by atoms with Gasteiger partial charge in [-0.05, 0) is 25.8 Å². The fourth-order valence-corrected chi connectivity index (χ4v) is 4.37. The number of likely N-dealkylation sites (N-methyl/N-ethyl adjacent to an activating group) is 1. The number of rotatable bonds is 5. The lowest BCUT2D eigenvalue weighted by Crippen LogP contribution is -2.53. The molecule has 0 aromatic rings. The molecule has 0 aromatic heterocycles. The zero-order valence-corrected chi connectivity index (χ0v) is 13.3.